The van der Waals surface area contributed by atoms with Gasteiger partial charge in [0.15, 0.2) is 0 Å². The molecule has 0 atom stereocenters. The summed E-state index contributed by atoms with van der Waals surface area (Å²) in [5.74, 6) is 0. The third kappa shape index (κ3) is 2.67. The summed E-state index contributed by atoms with van der Waals surface area (Å²) in [6.07, 6.45) is 3.50. The van der Waals surface area contributed by atoms with Crippen molar-refractivity contribution in [3.05, 3.63) is 60.4 Å². The minimum Gasteiger partial charge on any atom is -0.269 e. The van der Waals surface area contributed by atoms with Gasteiger partial charge in [0.2, 0.25) is 0 Å². The number of benzene rings is 1. The number of pyridine rings is 1. The Morgan fingerprint density at radius 3 is 2.50 bits per heavy atom. The third-order valence-electron chi connectivity index (χ3n) is 2.18. The summed E-state index contributed by atoms with van der Waals surface area (Å²) in [6.45, 7) is 0. The van der Waals surface area contributed by atoms with E-state index in [4.69, 9.17) is 0 Å². The highest BCUT2D eigenvalue weighted by Crippen LogP contribution is 2.10. The summed E-state index contributed by atoms with van der Waals surface area (Å²) < 4.78 is 0. The van der Waals surface area contributed by atoms with Gasteiger partial charge >= 0.3 is 0 Å². The van der Waals surface area contributed by atoms with Crippen LogP contribution in [0.15, 0.2) is 59.8 Å². The number of hydrogen-bond acceptors (Lipinski definition) is 3. The van der Waals surface area contributed by atoms with Gasteiger partial charge in [-0.2, -0.15) is 5.10 Å². The van der Waals surface area contributed by atoms with Crippen LogP contribution in [0, 0.1) is 0 Å². The molecule has 0 spiro atoms. The van der Waals surface area contributed by atoms with Gasteiger partial charge in [0.1, 0.15) is 0 Å². The topological polar surface area (TPSA) is 28.5 Å². The number of aromatic nitrogens is 1. The van der Waals surface area contributed by atoms with Crippen molar-refractivity contribution < 1.29 is 0 Å². The first kappa shape index (κ1) is 10.4. The van der Waals surface area contributed by atoms with Crippen LogP contribution in [-0.2, 0) is 0 Å². The second-order valence-electron chi connectivity index (χ2n) is 3.36. The van der Waals surface area contributed by atoms with E-state index < -0.39 is 0 Å². The van der Waals surface area contributed by atoms with Crippen molar-refractivity contribution in [2.24, 2.45) is 5.10 Å². The zero-order chi connectivity index (χ0) is 11.2. The van der Waals surface area contributed by atoms with Crippen LogP contribution >= 0.6 is 0 Å². The van der Waals surface area contributed by atoms with E-state index in [1.54, 1.807) is 12.4 Å². The molecule has 0 N–H and O–H groups in total. The molecule has 0 aliphatic heterocycles. The Balaban J connectivity index is 2.08. The van der Waals surface area contributed by atoms with Gasteiger partial charge in [-0.1, -0.05) is 24.3 Å². The summed E-state index contributed by atoms with van der Waals surface area (Å²) in [7, 11) is 1.91. The first-order valence-corrected chi connectivity index (χ1v) is 5.10. The summed E-state index contributed by atoms with van der Waals surface area (Å²) in [4.78, 5) is 4.17. The van der Waals surface area contributed by atoms with Crippen LogP contribution in [-0.4, -0.2) is 18.2 Å². The lowest BCUT2D eigenvalue weighted by atomic mass is 10.3. The fourth-order valence-corrected chi connectivity index (χ4v) is 1.31. The van der Waals surface area contributed by atoms with Crippen LogP contribution in [0.4, 0.5) is 5.69 Å². The molecule has 0 aliphatic rings. The zero-order valence-electron chi connectivity index (χ0n) is 9.12. The van der Waals surface area contributed by atoms with Crippen LogP contribution in [0.5, 0.6) is 0 Å². The van der Waals surface area contributed by atoms with E-state index in [-0.39, 0.29) is 0 Å². The maximum atomic E-state index is 4.31. The van der Waals surface area contributed by atoms with Gasteiger partial charge < -0.3 is 0 Å². The van der Waals surface area contributed by atoms with E-state index in [9.17, 15) is 0 Å². The largest absolute Gasteiger partial charge is 0.269 e. The highest BCUT2D eigenvalue weighted by Gasteiger charge is 1.95. The lowest BCUT2D eigenvalue weighted by Gasteiger charge is -2.11. The normalized spacial score (nSPS) is 10.6. The number of rotatable bonds is 3. The van der Waals surface area contributed by atoms with Crippen LogP contribution in [0.3, 0.4) is 0 Å². The minimum atomic E-state index is 0.852. The Morgan fingerprint density at radius 1 is 1.06 bits per heavy atom. The van der Waals surface area contributed by atoms with Gasteiger partial charge in [0, 0.05) is 13.2 Å². The molecular weight excluding hydrogens is 198 g/mol. The van der Waals surface area contributed by atoms with Crippen molar-refractivity contribution in [2.45, 2.75) is 0 Å². The lowest BCUT2D eigenvalue weighted by molar-refractivity contribution is 1.02. The number of hydrogen-bond donors (Lipinski definition) is 0. The lowest BCUT2D eigenvalue weighted by Crippen LogP contribution is -2.08. The van der Waals surface area contributed by atoms with E-state index >= 15 is 0 Å². The monoisotopic (exact) mass is 211 g/mol. The van der Waals surface area contributed by atoms with Crippen LogP contribution < -0.4 is 5.01 Å². The molecule has 3 nitrogen and oxygen atoms in total. The molecule has 2 aromatic rings. The molecule has 80 valence electrons. The Kier molecular flexibility index (Phi) is 3.28. The number of anilines is 1. The molecule has 0 saturated heterocycles. The minimum absolute atomic E-state index is 0.852. The van der Waals surface area contributed by atoms with Crippen LogP contribution in [0.25, 0.3) is 0 Å². The molecule has 16 heavy (non-hydrogen) atoms. The first-order chi connectivity index (χ1) is 7.86. The van der Waals surface area contributed by atoms with Crippen LogP contribution in [0.1, 0.15) is 5.69 Å². The van der Waals surface area contributed by atoms with Gasteiger partial charge in [-0.3, -0.25) is 9.99 Å². The third-order valence-corrected chi connectivity index (χ3v) is 2.18. The molecule has 0 saturated carbocycles. The zero-order valence-corrected chi connectivity index (χ0v) is 9.12. The van der Waals surface area contributed by atoms with Crippen molar-refractivity contribution >= 4 is 11.9 Å². The fraction of sp³-hybridized carbons (Fsp3) is 0.0769. The Bertz CT molecular complexity index is 451. The first-order valence-electron chi connectivity index (χ1n) is 5.10. The maximum Gasteiger partial charge on any atom is 0.0830 e. The van der Waals surface area contributed by atoms with Crippen molar-refractivity contribution in [1.29, 1.82) is 0 Å². The quantitative estimate of drug-likeness (QED) is 0.576. The average molecular weight is 211 g/mol. The summed E-state index contributed by atoms with van der Waals surface area (Å²) in [6, 6.07) is 15.7. The second kappa shape index (κ2) is 5.07. The predicted molar refractivity (Wildman–Crippen MR) is 66.7 cm³/mol. The molecule has 0 aliphatic carbocycles. The SMILES string of the molecule is CN(/N=C/c1ccccn1)c1ccccc1. The number of para-hydroxylation sites is 1. The molecule has 1 aromatic heterocycles. The highest BCUT2D eigenvalue weighted by atomic mass is 15.4. The molecule has 1 aromatic carbocycles. The van der Waals surface area contributed by atoms with Crippen molar-refractivity contribution in [3.63, 3.8) is 0 Å². The van der Waals surface area contributed by atoms with E-state index in [1.165, 1.54) is 0 Å². The molecule has 0 unspecified atom stereocenters. The molecule has 2 rings (SSSR count). The summed E-state index contributed by atoms with van der Waals surface area (Å²) >= 11 is 0. The van der Waals surface area contributed by atoms with Gasteiger partial charge in [-0.25, -0.2) is 0 Å². The average Bonchev–Trinajstić information content (AvgIpc) is 2.38. The Morgan fingerprint density at radius 2 is 1.81 bits per heavy atom. The molecule has 3 heteroatoms. The summed E-state index contributed by atoms with van der Waals surface area (Å²) in [5.41, 5.74) is 1.90. The Labute approximate surface area is 95.1 Å². The highest BCUT2D eigenvalue weighted by molar-refractivity contribution is 5.77. The molecular formula is C13H13N3. The smallest absolute Gasteiger partial charge is 0.0830 e. The van der Waals surface area contributed by atoms with Crippen molar-refractivity contribution in [2.75, 3.05) is 12.1 Å². The standard InChI is InChI=1S/C13H13N3/c1-16(13-8-3-2-4-9-13)15-11-12-7-5-6-10-14-12/h2-11H,1H3/b15-11+. The Hall–Kier alpha value is -2.16. The van der Waals surface area contributed by atoms with Gasteiger partial charge in [0.25, 0.3) is 0 Å². The molecule has 0 bridgehead atoms. The number of hydrazone groups is 1. The van der Waals surface area contributed by atoms with E-state index in [1.807, 2.05) is 60.6 Å². The van der Waals surface area contributed by atoms with E-state index in [0.717, 1.165) is 11.4 Å². The molecule has 0 radical (unpaired) electrons. The fourth-order valence-electron chi connectivity index (χ4n) is 1.31. The molecule has 0 fully saturated rings. The maximum absolute atomic E-state index is 4.31. The molecule has 0 amide bonds. The van der Waals surface area contributed by atoms with Crippen molar-refractivity contribution in [1.82, 2.24) is 4.98 Å². The van der Waals surface area contributed by atoms with E-state index in [2.05, 4.69) is 10.1 Å². The van der Waals surface area contributed by atoms with Crippen molar-refractivity contribution in [3.8, 4) is 0 Å². The second-order valence-corrected chi connectivity index (χ2v) is 3.36. The van der Waals surface area contributed by atoms with Gasteiger partial charge in [-0.15, -0.1) is 0 Å². The van der Waals surface area contributed by atoms with Gasteiger partial charge in [0.05, 0.1) is 17.6 Å². The van der Waals surface area contributed by atoms with Crippen LogP contribution in [0.2, 0.25) is 0 Å². The van der Waals surface area contributed by atoms with E-state index in [0.29, 0.717) is 0 Å². The number of nitrogens with zero attached hydrogens (tertiary/aromatic N) is 3. The predicted octanol–water partition coefficient (Wildman–Crippen LogP) is 2.55. The molecule has 1 heterocycles. The summed E-state index contributed by atoms with van der Waals surface area (Å²) in [5, 5.41) is 6.12. The van der Waals surface area contributed by atoms with Gasteiger partial charge in [-0.05, 0) is 24.3 Å².